The van der Waals surface area contributed by atoms with Crippen LogP contribution in [0, 0.1) is 6.92 Å². The summed E-state index contributed by atoms with van der Waals surface area (Å²) in [5.41, 5.74) is 3.79. The third-order valence-electron chi connectivity index (χ3n) is 4.10. The molecule has 0 aliphatic carbocycles. The minimum Gasteiger partial charge on any atom is -0.339 e. The van der Waals surface area contributed by atoms with Gasteiger partial charge in [0.05, 0.1) is 0 Å². The van der Waals surface area contributed by atoms with E-state index in [9.17, 15) is 9.59 Å². The van der Waals surface area contributed by atoms with Gasteiger partial charge < -0.3 is 9.88 Å². The van der Waals surface area contributed by atoms with Gasteiger partial charge in [0, 0.05) is 29.2 Å². The predicted octanol–water partition coefficient (Wildman–Crippen LogP) is 3.94. The highest BCUT2D eigenvalue weighted by atomic mass is 16.2. The standard InChI is InChI=1S/C19H18N2O2/c1-12-16-9-4-5-10-17(16)21(3)18(12)19(23)20-15-8-6-7-14(11-15)13(2)22/h4-11H,1-3H3,(H,20,23). The van der Waals surface area contributed by atoms with Crippen molar-refractivity contribution in [1.29, 1.82) is 0 Å². The lowest BCUT2D eigenvalue weighted by Gasteiger charge is -2.08. The van der Waals surface area contributed by atoms with Crippen LogP contribution in [0.1, 0.15) is 33.3 Å². The van der Waals surface area contributed by atoms with Crippen molar-refractivity contribution >= 4 is 28.3 Å². The summed E-state index contributed by atoms with van der Waals surface area (Å²) < 4.78 is 1.90. The van der Waals surface area contributed by atoms with Crippen molar-refractivity contribution in [2.45, 2.75) is 13.8 Å². The van der Waals surface area contributed by atoms with Crippen molar-refractivity contribution < 1.29 is 9.59 Å². The normalized spacial score (nSPS) is 10.7. The third kappa shape index (κ3) is 2.63. The highest BCUT2D eigenvalue weighted by Gasteiger charge is 2.18. The van der Waals surface area contributed by atoms with Crippen molar-refractivity contribution in [2.24, 2.45) is 7.05 Å². The molecule has 0 aliphatic rings. The molecule has 116 valence electrons. The molecular formula is C19H18N2O2. The molecule has 0 aliphatic heterocycles. The first-order valence-corrected chi connectivity index (χ1v) is 7.45. The fourth-order valence-corrected chi connectivity index (χ4v) is 2.91. The lowest BCUT2D eigenvalue weighted by atomic mass is 10.1. The first-order chi connectivity index (χ1) is 11.0. The Morgan fingerprint density at radius 3 is 2.48 bits per heavy atom. The summed E-state index contributed by atoms with van der Waals surface area (Å²) in [6, 6.07) is 14.9. The summed E-state index contributed by atoms with van der Waals surface area (Å²) in [7, 11) is 1.89. The van der Waals surface area contributed by atoms with Crippen LogP contribution in [0.25, 0.3) is 10.9 Å². The number of carbonyl (C=O) groups excluding carboxylic acids is 2. The zero-order valence-corrected chi connectivity index (χ0v) is 13.4. The zero-order chi connectivity index (χ0) is 16.6. The van der Waals surface area contributed by atoms with Crippen molar-refractivity contribution in [3.05, 3.63) is 65.4 Å². The van der Waals surface area contributed by atoms with E-state index in [1.807, 2.05) is 42.8 Å². The summed E-state index contributed by atoms with van der Waals surface area (Å²) in [5, 5.41) is 3.95. The second-order valence-corrected chi connectivity index (χ2v) is 5.64. The van der Waals surface area contributed by atoms with Gasteiger partial charge in [0.15, 0.2) is 5.78 Å². The highest BCUT2D eigenvalue weighted by molar-refractivity contribution is 6.08. The number of Topliss-reactive ketones (excluding diaryl/α,β-unsaturated/α-hetero) is 1. The third-order valence-corrected chi connectivity index (χ3v) is 4.10. The molecule has 4 nitrogen and oxygen atoms in total. The van der Waals surface area contributed by atoms with Gasteiger partial charge >= 0.3 is 0 Å². The van der Waals surface area contributed by atoms with Gasteiger partial charge in [0.25, 0.3) is 5.91 Å². The molecule has 0 saturated heterocycles. The number of rotatable bonds is 3. The molecule has 1 amide bonds. The number of carbonyl (C=O) groups is 2. The number of para-hydroxylation sites is 1. The number of hydrogen-bond acceptors (Lipinski definition) is 2. The molecule has 1 heterocycles. The highest BCUT2D eigenvalue weighted by Crippen LogP contribution is 2.25. The van der Waals surface area contributed by atoms with Crippen molar-refractivity contribution in [1.82, 2.24) is 4.57 Å². The second kappa shape index (κ2) is 5.72. The van der Waals surface area contributed by atoms with Gasteiger partial charge in [-0.15, -0.1) is 0 Å². The minimum atomic E-state index is -0.179. The number of aryl methyl sites for hydroxylation is 2. The number of anilines is 1. The van der Waals surface area contributed by atoms with E-state index in [0.29, 0.717) is 16.9 Å². The van der Waals surface area contributed by atoms with Crippen molar-refractivity contribution in [3.63, 3.8) is 0 Å². The maximum absolute atomic E-state index is 12.7. The number of aromatic nitrogens is 1. The number of hydrogen-bond donors (Lipinski definition) is 1. The van der Waals surface area contributed by atoms with E-state index in [2.05, 4.69) is 5.32 Å². The van der Waals surface area contributed by atoms with E-state index in [0.717, 1.165) is 16.5 Å². The van der Waals surface area contributed by atoms with Crippen molar-refractivity contribution in [3.8, 4) is 0 Å². The lowest BCUT2D eigenvalue weighted by molar-refractivity contribution is 0.100. The van der Waals surface area contributed by atoms with Crippen LogP contribution in [0.4, 0.5) is 5.69 Å². The average Bonchev–Trinajstić information content (AvgIpc) is 2.79. The lowest BCUT2D eigenvalue weighted by Crippen LogP contribution is -2.17. The van der Waals surface area contributed by atoms with Crippen LogP contribution in [0.5, 0.6) is 0 Å². The first kappa shape index (κ1) is 15.0. The van der Waals surface area contributed by atoms with Gasteiger partial charge in [-0.2, -0.15) is 0 Å². The predicted molar refractivity (Wildman–Crippen MR) is 92.1 cm³/mol. The topological polar surface area (TPSA) is 51.1 Å². The van der Waals surface area contributed by atoms with Gasteiger partial charge in [-0.1, -0.05) is 30.3 Å². The van der Waals surface area contributed by atoms with E-state index in [1.54, 1.807) is 24.3 Å². The van der Waals surface area contributed by atoms with E-state index in [-0.39, 0.29) is 11.7 Å². The maximum Gasteiger partial charge on any atom is 0.272 e. The van der Waals surface area contributed by atoms with Crippen LogP contribution >= 0.6 is 0 Å². The summed E-state index contributed by atoms with van der Waals surface area (Å²) in [6.45, 7) is 3.46. The Labute approximate surface area is 134 Å². The fraction of sp³-hybridized carbons (Fsp3) is 0.158. The molecule has 2 aromatic carbocycles. The van der Waals surface area contributed by atoms with Crippen LogP contribution in [-0.4, -0.2) is 16.3 Å². The largest absolute Gasteiger partial charge is 0.339 e. The van der Waals surface area contributed by atoms with Gasteiger partial charge in [-0.05, 0) is 37.6 Å². The summed E-state index contributed by atoms with van der Waals surface area (Å²) in [4.78, 5) is 24.2. The molecule has 0 fully saturated rings. The molecular weight excluding hydrogens is 288 g/mol. The Kier molecular flexibility index (Phi) is 3.74. The Morgan fingerprint density at radius 2 is 1.78 bits per heavy atom. The van der Waals surface area contributed by atoms with Gasteiger partial charge in [0.1, 0.15) is 5.69 Å². The molecule has 0 saturated carbocycles. The Balaban J connectivity index is 1.98. The molecule has 0 radical (unpaired) electrons. The van der Waals surface area contributed by atoms with E-state index in [4.69, 9.17) is 0 Å². The fourth-order valence-electron chi connectivity index (χ4n) is 2.91. The monoisotopic (exact) mass is 306 g/mol. The van der Waals surface area contributed by atoms with Gasteiger partial charge in [-0.3, -0.25) is 9.59 Å². The molecule has 0 atom stereocenters. The van der Waals surface area contributed by atoms with Crippen LogP contribution in [-0.2, 0) is 7.05 Å². The summed E-state index contributed by atoms with van der Waals surface area (Å²) >= 11 is 0. The zero-order valence-electron chi connectivity index (χ0n) is 13.4. The van der Waals surface area contributed by atoms with Crippen molar-refractivity contribution in [2.75, 3.05) is 5.32 Å². The van der Waals surface area contributed by atoms with Gasteiger partial charge in [0.2, 0.25) is 0 Å². The SMILES string of the molecule is CC(=O)c1cccc(NC(=O)c2c(C)c3ccccc3n2C)c1. The maximum atomic E-state index is 12.7. The average molecular weight is 306 g/mol. The molecule has 0 bridgehead atoms. The van der Waals surface area contributed by atoms with E-state index < -0.39 is 0 Å². The quantitative estimate of drug-likeness (QED) is 0.745. The first-order valence-electron chi connectivity index (χ1n) is 7.45. The number of nitrogens with one attached hydrogen (secondary N) is 1. The molecule has 3 aromatic rings. The minimum absolute atomic E-state index is 0.0260. The number of ketones is 1. The van der Waals surface area contributed by atoms with Gasteiger partial charge in [-0.25, -0.2) is 0 Å². The number of benzene rings is 2. The number of amides is 1. The van der Waals surface area contributed by atoms with Crippen LogP contribution < -0.4 is 5.32 Å². The molecule has 0 spiro atoms. The number of fused-ring (bicyclic) bond motifs is 1. The molecule has 1 N–H and O–H groups in total. The van der Waals surface area contributed by atoms with Crippen LogP contribution in [0.2, 0.25) is 0 Å². The Bertz CT molecular complexity index is 883. The summed E-state index contributed by atoms with van der Waals surface area (Å²) in [5.74, 6) is -0.205. The summed E-state index contributed by atoms with van der Waals surface area (Å²) in [6.07, 6.45) is 0. The Morgan fingerprint density at radius 1 is 1.04 bits per heavy atom. The second-order valence-electron chi connectivity index (χ2n) is 5.64. The van der Waals surface area contributed by atoms with Crippen LogP contribution in [0.15, 0.2) is 48.5 Å². The number of nitrogens with zero attached hydrogens (tertiary/aromatic N) is 1. The molecule has 3 rings (SSSR count). The van der Waals surface area contributed by atoms with E-state index in [1.165, 1.54) is 6.92 Å². The molecule has 23 heavy (non-hydrogen) atoms. The molecule has 1 aromatic heterocycles. The molecule has 0 unspecified atom stereocenters. The smallest absolute Gasteiger partial charge is 0.272 e. The molecule has 4 heteroatoms. The van der Waals surface area contributed by atoms with Crippen LogP contribution in [0.3, 0.4) is 0 Å². The Hall–Kier alpha value is -2.88. The van der Waals surface area contributed by atoms with E-state index >= 15 is 0 Å².